The number of piperidine rings is 1. The summed E-state index contributed by atoms with van der Waals surface area (Å²) in [6.45, 7) is 1.97. The maximum atomic E-state index is 6.05. The van der Waals surface area contributed by atoms with E-state index in [9.17, 15) is 0 Å². The van der Waals surface area contributed by atoms with Crippen molar-refractivity contribution in [3.63, 3.8) is 0 Å². The lowest BCUT2D eigenvalue weighted by molar-refractivity contribution is 0.374. The maximum Gasteiger partial charge on any atom is 0.321 e. The van der Waals surface area contributed by atoms with Crippen LogP contribution in [0.3, 0.4) is 0 Å². The van der Waals surface area contributed by atoms with Gasteiger partial charge in [0.25, 0.3) is 0 Å². The molecule has 1 aliphatic heterocycles. The van der Waals surface area contributed by atoms with E-state index in [2.05, 4.69) is 31.3 Å². The molecule has 2 atom stereocenters. The van der Waals surface area contributed by atoms with E-state index in [0.29, 0.717) is 46.5 Å². The fourth-order valence-electron chi connectivity index (χ4n) is 4.68. The van der Waals surface area contributed by atoms with Crippen LogP contribution in [0, 0.1) is 11.8 Å². The normalized spacial score (nSPS) is 22.4. The average Bonchev–Trinajstić information content (AvgIpc) is 3.21. The van der Waals surface area contributed by atoms with E-state index in [-0.39, 0.29) is 0 Å². The molecule has 2 aromatic heterocycles. The van der Waals surface area contributed by atoms with E-state index in [4.69, 9.17) is 21.1 Å². The number of halogens is 1. The van der Waals surface area contributed by atoms with E-state index in [1.807, 2.05) is 31.3 Å². The molecule has 1 saturated heterocycles. The zero-order chi connectivity index (χ0) is 21.4. The average molecular weight is 441 g/mol. The molecule has 9 heteroatoms. The van der Waals surface area contributed by atoms with Crippen LogP contribution in [0.4, 0.5) is 11.6 Å². The van der Waals surface area contributed by atoms with Crippen LogP contribution in [0.1, 0.15) is 12.8 Å². The molecule has 31 heavy (non-hydrogen) atoms. The summed E-state index contributed by atoms with van der Waals surface area (Å²) >= 11 is 6.05. The van der Waals surface area contributed by atoms with Crippen molar-refractivity contribution < 1.29 is 9.47 Å². The van der Waals surface area contributed by atoms with Crippen molar-refractivity contribution in [2.45, 2.75) is 18.9 Å². The number of benzene rings is 1. The highest BCUT2D eigenvalue weighted by molar-refractivity contribution is 6.30. The fraction of sp³-hybridized carbons (Fsp3) is 0.409. The Morgan fingerprint density at radius 3 is 2.68 bits per heavy atom. The van der Waals surface area contributed by atoms with Gasteiger partial charge in [-0.15, -0.1) is 5.10 Å². The summed E-state index contributed by atoms with van der Waals surface area (Å²) in [5.74, 6) is 2.93. The number of aromatic nitrogens is 4. The second-order valence-corrected chi connectivity index (χ2v) is 8.57. The van der Waals surface area contributed by atoms with Gasteiger partial charge in [0.1, 0.15) is 5.75 Å². The number of ether oxygens (including phenoxy) is 2. The van der Waals surface area contributed by atoms with Crippen molar-refractivity contribution in [3.8, 4) is 17.6 Å². The quantitative estimate of drug-likeness (QED) is 0.620. The number of anilines is 2. The van der Waals surface area contributed by atoms with Gasteiger partial charge in [0.2, 0.25) is 11.8 Å². The Kier molecular flexibility index (Phi) is 5.31. The highest BCUT2D eigenvalue weighted by Gasteiger charge is 2.42. The molecule has 2 bridgehead atoms. The van der Waals surface area contributed by atoms with E-state index < -0.39 is 0 Å². The maximum absolute atomic E-state index is 6.05. The van der Waals surface area contributed by atoms with Gasteiger partial charge in [-0.05, 0) is 48.9 Å². The van der Waals surface area contributed by atoms with Crippen LogP contribution in [0.5, 0.6) is 17.6 Å². The molecule has 0 amide bonds. The van der Waals surface area contributed by atoms with Crippen LogP contribution in [0.25, 0.3) is 0 Å². The third kappa shape index (κ3) is 4.12. The zero-order valence-corrected chi connectivity index (χ0v) is 18.3. The molecule has 0 spiro atoms. The van der Waals surface area contributed by atoms with E-state index in [1.165, 1.54) is 12.8 Å². The van der Waals surface area contributed by atoms with Gasteiger partial charge in [-0.1, -0.05) is 17.7 Å². The summed E-state index contributed by atoms with van der Waals surface area (Å²) in [5, 5.41) is 8.72. The fourth-order valence-corrected chi connectivity index (χ4v) is 4.86. The number of nitrogens with zero attached hydrogens (tertiary/aromatic N) is 5. The predicted octanol–water partition coefficient (Wildman–Crippen LogP) is 3.99. The van der Waals surface area contributed by atoms with Crippen molar-refractivity contribution in [1.29, 1.82) is 0 Å². The van der Waals surface area contributed by atoms with Crippen molar-refractivity contribution in [3.05, 3.63) is 47.6 Å². The molecule has 1 N–H and O–H groups in total. The molecule has 3 aromatic rings. The standard InChI is InChI=1S/C22H25ClN6O2/c1-28-22(31-18-5-3-4-16(23)10-18)26-21(27-28)25-20-14-6-7-15(20)13-29(12-14)17-8-9-24-19(11-17)30-2/h3-5,8-11,14-15,20H,6-7,12-13H2,1-2H3,(H,25,27). The SMILES string of the molecule is COc1cc(N2CC3CCC(C2)C3Nc2nc(Oc3cccc(Cl)c3)n(C)n2)ccn1. The molecule has 2 unspecified atom stereocenters. The summed E-state index contributed by atoms with van der Waals surface area (Å²) in [7, 11) is 3.47. The first kappa shape index (κ1) is 19.9. The molecule has 1 saturated carbocycles. The Balaban J connectivity index is 1.27. The Labute approximate surface area is 186 Å². The number of rotatable bonds is 6. The third-order valence-electron chi connectivity index (χ3n) is 6.15. The molecular weight excluding hydrogens is 416 g/mol. The minimum atomic E-state index is 0.349. The summed E-state index contributed by atoms with van der Waals surface area (Å²) in [6.07, 6.45) is 4.19. The molecule has 1 aliphatic carbocycles. The monoisotopic (exact) mass is 440 g/mol. The van der Waals surface area contributed by atoms with Crippen LogP contribution < -0.4 is 19.7 Å². The second-order valence-electron chi connectivity index (χ2n) is 8.13. The Hall–Kier alpha value is -3.00. The Morgan fingerprint density at radius 2 is 1.94 bits per heavy atom. The summed E-state index contributed by atoms with van der Waals surface area (Å²) in [5.41, 5.74) is 1.16. The van der Waals surface area contributed by atoms with Gasteiger partial charge in [-0.25, -0.2) is 9.67 Å². The van der Waals surface area contributed by atoms with Gasteiger partial charge >= 0.3 is 6.01 Å². The van der Waals surface area contributed by atoms with Crippen molar-refractivity contribution in [1.82, 2.24) is 19.7 Å². The lowest BCUT2D eigenvalue weighted by Crippen LogP contribution is -2.48. The van der Waals surface area contributed by atoms with Gasteiger partial charge in [0.15, 0.2) is 0 Å². The number of fused-ring (bicyclic) bond motifs is 2. The molecule has 1 aromatic carbocycles. The lowest BCUT2D eigenvalue weighted by atomic mass is 9.92. The summed E-state index contributed by atoms with van der Waals surface area (Å²) in [4.78, 5) is 11.2. The lowest BCUT2D eigenvalue weighted by Gasteiger charge is -2.39. The molecule has 3 heterocycles. The van der Waals surface area contributed by atoms with Crippen molar-refractivity contribution >= 4 is 23.2 Å². The predicted molar refractivity (Wildman–Crippen MR) is 119 cm³/mol. The number of methoxy groups -OCH3 is 1. The van der Waals surface area contributed by atoms with Gasteiger partial charge < -0.3 is 19.7 Å². The first-order valence-electron chi connectivity index (χ1n) is 10.4. The van der Waals surface area contributed by atoms with E-state index in [1.54, 1.807) is 24.1 Å². The molecule has 2 aliphatic rings. The highest BCUT2D eigenvalue weighted by atomic mass is 35.5. The second kappa shape index (κ2) is 8.26. The number of pyridine rings is 1. The minimum Gasteiger partial charge on any atom is -0.481 e. The van der Waals surface area contributed by atoms with Crippen LogP contribution >= 0.6 is 11.6 Å². The van der Waals surface area contributed by atoms with E-state index >= 15 is 0 Å². The smallest absolute Gasteiger partial charge is 0.321 e. The number of nitrogens with one attached hydrogen (secondary N) is 1. The van der Waals surface area contributed by atoms with Gasteiger partial charge in [-0.3, -0.25) is 0 Å². The molecular formula is C22H25ClN6O2. The third-order valence-corrected chi connectivity index (χ3v) is 6.39. The van der Waals surface area contributed by atoms with Crippen LogP contribution in [-0.2, 0) is 7.05 Å². The van der Waals surface area contributed by atoms with Gasteiger partial charge in [0.05, 0.1) is 7.11 Å². The first-order chi connectivity index (χ1) is 15.1. The molecule has 5 rings (SSSR count). The first-order valence-corrected chi connectivity index (χ1v) is 10.8. The molecule has 8 nitrogen and oxygen atoms in total. The minimum absolute atomic E-state index is 0.349. The van der Waals surface area contributed by atoms with Gasteiger partial charge in [-0.2, -0.15) is 4.98 Å². The van der Waals surface area contributed by atoms with Crippen molar-refractivity contribution in [2.75, 3.05) is 30.4 Å². The van der Waals surface area contributed by atoms with Crippen LogP contribution in [0.2, 0.25) is 5.02 Å². The van der Waals surface area contributed by atoms with Crippen molar-refractivity contribution in [2.24, 2.45) is 18.9 Å². The van der Waals surface area contributed by atoms with E-state index in [0.717, 1.165) is 18.8 Å². The van der Waals surface area contributed by atoms with Gasteiger partial charge in [0, 0.05) is 49.2 Å². The largest absolute Gasteiger partial charge is 0.481 e. The Bertz CT molecular complexity index is 1060. The molecule has 2 fully saturated rings. The molecule has 162 valence electrons. The summed E-state index contributed by atoms with van der Waals surface area (Å²) in [6, 6.07) is 12.1. The topological polar surface area (TPSA) is 77.3 Å². The number of hydrogen-bond acceptors (Lipinski definition) is 7. The zero-order valence-electron chi connectivity index (χ0n) is 17.5. The van der Waals surface area contributed by atoms with Crippen LogP contribution in [0.15, 0.2) is 42.6 Å². The number of hydrogen-bond donors (Lipinski definition) is 1. The molecule has 0 radical (unpaired) electrons. The number of aryl methyl sites for hydroxylation is 1. The Morgan fingerprint density at radius 1 is 1.13 bits per heavy atom. The highest BCUT2D eigenvalue weighted by Crippen LogP contribution is 2.40. The van der Waals surface area contributed by atoms with Crippen LogP contribution in [-0.4, -0.2) is 46.0 Å². The summed E-state index contributed by atoms with van der Waals surface area (Å²) < 4.78 is 12.8.